The molecule has 0 saturated heterocycles. The molecular weight excluding hydrogens is 148 g/mol. The molecule has 0 aromatic carbocycles. The third-order valence-corrected chi connectivity index (χ3v) is 1.29. The molecule has 0 aromatic rings. The Morgan fingerprint density at radius 2 is 1.00 bits per heavy atom. The number of hydrogen-bond donors (Lipinski definition) is 4. The lowest BCUT2D eigenvalue weighted by molar-refractivity contribution is -0.159. The van der Waals surface area contributed by atoms with Crippen molar-refractivity contribution in [2.45, 2.75) is 39.5 Å². The van der Waals surface area contributed by atoms with Gasteiger partial charge >= 0.3 is 0 Å². The molecule has 0 rings (SSSR count). The summed E-state index contributed by atoms with van der Waals surface area (Å²) in [6.07, 6.45) is -2.50. The SMILES string of the molecule is CC(O)N(C(C)O)C(C)O.N. The number of hydrogen-bond acceptors (Lipinski definition) is 5. The van der Waals surface area contributed by atoms with Gasteiger partial charge in [-0.2, -0.15) is 0 Å². The highest BCUT2D eigenvalue weighted by Gasteiger charge is 2.19. The van der Waals surface area contributed by atoms with Crippen molar-refractivity contribution in [2.75, 3.05) is 0 Å². The van der Waals surface area contributed by atoms with E-state index < -0.39 is 18.7 Å². The van der Waals surface area contributed by atoms with Crippen LogP contribution in [0.25, 0.3) is 0 Å². The standard InChI is InChI=1S/C6H15NO3.H3N/c1-4(8)7(5(2)9)6(3)10;/h4-6,8-10H,1-3H3;1H3. The van der Waals surface area contributed by atoms with Crippen molar-refractivity contribution in [1.29, 1.82) is 0 Å². The van der Waals surface area contributed by atoms with Crippen molar-refractivity contribution in [1.82, 2.24) is 11.1 Å². The van der Waals surface area contributed by atoms with Crippen LogP contribution >= 0.6 is 0 Å². The third-order valence-electron chi connectivity index (χ3n) is 1.29. The maximum atomic E-state index is 8.96. The van der Waals surface area contributed by atoms with E-state index in [4.69, 9.17) is 15.3 Å². The van der Waals surface area contributed by atoms with Gasteiger partial charge in [0, 0.05) is 0 Å². The fourth-order valence-electron chi connectivity index (χ4n) is 0.937. The second-order valence-electron chi connectivity index (χ2n) is 2.34. The van der Waals surface area contributed by atoms with Crippen molar-refractivity contribution in [3.05, 3.63) is 0 Å². The molecule has 3 atom stereocenters. The van der Waals surface area contributed by atoms with Crippen molar-refractivity contribution >= 4 is 0 Å². The highest BCUT2D eigenvalue weighted by molar-refractivity contribution is 4.58. The Kier molecular flexibility index (Phi) is 6.64. The molecule has 0 spiro atoms. The monoisotopic (exact) mass is 166 g/mol. The first kappa shape index (κ1) is 13.4. The largest absolute Gasteiger partial charge is 0.379 e. The van der Waals surface area contributed by atoms with Gasteiger partial charge in [0.2, 0.25) is 0 Å². The second kappa shape index (κ2) is 5.45. The summed E-state index contributed by atoms with van der Waals surface area (Å²) in [5, 5.41) is 26.9. The maximum absolute atomic E-state index is 8.96. The first-order chi connectivity index (χ1) is 4.46. The molecule has 0 bridgehead atoms. The van der Waals surface area contributed by atoms with Crippen LogP contribution in [0.3, 0.4) is 0 Å². The van der Waals surface area contributed by atoms with Gasteiger partial charge in [-0.15, -0.1) is 0 Å². The van der Waals surface area contributed by atoms with E-state index in [1.807, 2.05) is 0 Å². The third kappa shape index (κ3) is 4.28. The lowest BCUT2D eigenvalue weighted by atomic mass is 10.4. The molecule has 0 saturated carbocycles. The Labute approximate surface area is 66.8 Å². The quantitative estimate of drug-likeness (QED) is 0.422. The molecule has 6 N–H and O–H groups in total. The molecule has 0 amide bonds. The van der Waals surface area contributed by atoms with E-state index in [2.05, 4.69) is 0 Å². The van der Waals surface area contributed by atoms with E-state index in [1.165, 1.54) is 25.7 Å². The maximum Gasteiger partial charge on any atom is 0.108 e. The van der Waals surface area contributed by atoms with Crippen LogP contribution in [0, 0.1) is 0 Å². The Bertz CT molecular complexity index is 76.8. The average Bonchev–Trinajstić information content (AvgIpc) is 1.59. The molecule has 11 heavy (non-hydrogen) atoms. The van der Waals surface area contributed by atoms with E-state index >= 15 is 0 Å². The lowest BCUT2D eigenvalue weighted by Crippen LogP contribution is -2.45. The summed E-state index contributed by atoms with van der Waals surface area (Å²) in [7, 11) is 0. The zero-order valence-corrected chi connectivity index (χ0v) is 7.23. The van der Waals surface area contributed by atoms with Crippen molar-refractivity contribution in [3.8, 4) is 0 Å². The molecule has 5 heteroatoms. The number of nitrogens with zero attached hydrogens (tertiary/aromatic N) is 1. The number of aliphatic hydroxyl groups excluding tert-OH is 3. The van der Waals surface area contributed by atoms with E-state index in [-0.39, 0.29) is 6.15 Å². The topological polar surface area (TPSA) is 98.9 Å². The van der Waals surface area contributed by atoms with Crippen LogP contribution in [-0.4, -0.2) is 38.9 Å². The summed E-state index contributed by atoms with van der Waals surface area (Å²) >= 11 is 0. The van der Waals surface area contributed by atoms with Crippen molar-refractivity contribution in [3.63, 3.8) is 0 Å². The summed E-state index contributed by atoms with van der Waals surface area (Å²) < 4.78 is 0. The first-order valence-electron chi connectivity index (χ1n) is 3.28. The fraction of sp³-hybridized carbons (Fsp3) is 1.00. The van der Waals surface area contributed by atoms with Crippen molar-refractivity contribution in [2.24, 2.45) is 0 Å². The fourth-order valence-corrected chi connectivity index (χ4v) is 0.937. The van der Waals surface area contributed by atoms with Gasteiger partial charge in [-0.25, -0.2) is 4.90 Å². The Morgan fingerprint density at radius 3 is 1.00 bits per heavy atom. The second-order valence-corrected chi connectivity index (χ2v) is 2.34. The summed E-state index contributed by atoms with van der Waals surface area (Å²) in [5.74, 6) is 0. The van der Waals surface area contributed by atoms with E-state index in [9.17, 15) is 0 Å². The molecule has 0 aliphatic heterocycles. The zero-order chi connectivity index (χ0) is 8.31. The Hall–Kier alpha value is -0.200. The van der Waals surface area contributed by atoms with Crippen molar-refractivity contribution < 1.29 is 15.3 Å². The highest BCUT2D eigenvalue weighted by Crippen LogP contribution is 2.04. The van der Waals surface area contributed by atoms with Gasteiger partial charge in [0.15, 0.2) is 0 Å². The number of rotatable bonds is 3. The van der Waals surface area contributed by atoms with Crippen LogP contribution in [-0.2, 0) is 0 Å². The van der Waals surface area contributed by atoms with E-state index in [0.29, 0.717) is 0 Å². The number of aliphatic hydroxyl groups is 3. The lowest BCUT2D eigenvalue weighted by Gasteiger charge is -2.30. The normalized spacial score (nSPS) is 18.8. The van der Waals surface area contributed by atoms with Crippen LogP contribution in [0.5, 0.6) is 0 Å². The first-order valence-corrected chi connectivity index (χ1v) is 3.28. The summed E-state index contributed by atoms with van der Waals surface area (Å²) in [4.78, 5) is 1.17. The minimum absolute atomic E-state index is 0. The molecule has 3 unspecified atom stereocenters. The van der Waals surface area contributed by atoms with Gasteiger partial charge in [-0.05, 0) is 20.8 Å². The molecule has 0 aromatic heterocycles. The molecule has 0 fully saturated rings. The summed E-state index contributed by atoms with van der Waals surface area (Å²) in [6.45, 7) is 4.46. The molecule has 0 aliphatic rings. The van der Waals surface area contributed by atoms with E-state index in [0.717, 1.165) is 0 Å². The van der Waals surface area contributed by atoms with Gasteiger partial charge in [0.25, 0.3) is 0 Å². The average molecular weight is 166 g/mol. The van der Waals surface area contributed by atoms with Crippen LogP contribution in [0.4, 0.5) is 0 Å². The Morgan fingerprint density at radius 1 is 0.818 bits per heavy atom. The van der Waals surface area contributed by atoms with Gasteiger partial charge in [-0.3, -0.25) is 0 Å². The van der Waals surface area contributed by atoms with Gasteiger partial charge in [0.1, 0.15) is 18.7 Å². The van der Waals surface area contributed by atoms with Crippen LogP contribution in [0.15, 0.2) is 0 Å². The predicted molar refractivity (Wildman–Crippen MR) is 41.9 cm³/mol. The zero-order valence-electron chi connectivity index (χ0n) is 7.23. The van der Waals surface area contributed by atoms with Crippen LogP contribution in [0.1, 0.15) is 20.8 Å². The smallest absolute Gasteiger partial charge is 0.108 e. The molecule has 0 aliphatic carbocycles. The molecule has 70 valence electrons. The van der Waals surface area contributed by atoms with E-state index in [1.54, 1.807) is 0 Å². The minimum atomic E-state index is -0.833. The van der Waals surface area contributed by atoms with Gasteiger partial charge in [-0.1, -0.05) is 0 Å². The predicted octanol–water partition coefficient (Wildman–Crippen LogP) is -0.535. The van der Waals surface area contributed by atoms with Crippen LogP contribution in [0.2, 0.25) is 0 Å². The van der Waals surface area contributed by atoms with Crippen LogP contribution < -0.4 is 6.15 Å². The summed E-state index contributed by atoms with van der Waals surface area (Å²) in [6, 6.07) is 0. The summed E-state index contributed by atoms with van der Waals surface area (Å²) in [5.41, 5.74) is 0. The molecule has 5 nitrogen and oxygen atoms in total. The Balaban J connectivity index is 0. The molecular formula is C6H18N2O3. The molecule has 0 heterocycles. The molecule has 0 radical (unpaired) electrons. The highest BCUT2D eigenvalue weighted by atomic mass is 16.4. The van der Waals surface area contributed by atoms with Gasteiger partial charge < -0.3 is 21.5 Å². The van der Waals surface area contributed by atoms with Gasteiger partial charge in [0.05, 0.1) is 0 Å². The minimum Gasteiger partial charge on any atom is -0.379 e.